The molecule has 4 rings (SSSR count). The molecule has 0 saturated carbocycles. The van der Waals surface area contributed by atoms with Crippen LogP contribution in [0.4, 0.5) is 13.2 Å². The summed E-state index contributed by atoms with van der Waals surface area (Å²) in [4.78, 5) is 14.6. The van der Waals surface area contributed by atoms with Crippen LogP contribution in [0.3, 0.4) is 0 Å². The monoisotopic (exact) mass is 448 g/mol. The molecule has 1 atom stereocenters. The van der Waals surface area contributed by atoms with E-state index in [4.69, 9.17) is 11.6 Å². The lowest BCUT2D eigenvalue weighted by molar-refractivity contribution is -0.137. The molecule has 0 aliphatic carbocycles. The third-order valence-electron chi connectivity index (χ3n) is 6.01. The molecule has 1 fully saturated rings. The lowest BCUT2D eigenvalue weighted by Crippen LogP contribution is -2.29. The Labute approximate surface area is 184 Å². The van der Waals surface area contributed by atoms with Crippen molar-refractivity contribution in [3.63, 3.8) is 0 Å². The average Bonchev–Trinajstić information content (AvgIpc) is 3.36. The molecule has 1 amide bonds. The topological polar surface area (TPSA) is 25.2 Å². The normalized spacial score (nSPS) is 16.9. The van der Waals surface area contributed by atoms with Crippen LogP contribution in [0, 0.1) is 0 Å². The number of para-hydroxylation sites is 1. The molecule has 3 nitrogen and oxygen atoms in total. The first-order valence-electron chi connectivity index (χ1n) is 10.5. The van der Waals surface area contributed by atoms with Crippen LogP contribution >= 0.6 is 11.6 Å². The third kappa shape index (κ3) is 4.31. The number of alkyl halides is 3. The Morgan fingerprint density at radius 1 is 1.19 bits per heavy atom. The summed E-state index contributed by atoms with van der Waals surface area (Å²) in [6.45, 7) is 4.05. The molecule has 0 N–H and O–H groups in total. The zero-order chi connectivity index (χ0) is 22.2. The smallest absolute Gasteiger partial charge is 0.347 e. The van der Waals surface area contributed by atoms with Gasteiger partial charge in [0.1, 0.15) is 0 Å². The Morgan fingerprint density at radius 3 is 2.71 bits per heavy atom. The van der Waals surface area contributed by atoms with E-state index in [1.54, 1.807) is 4.90 Å². The van der Waals surface area contributed by atoms with E-state index in [9.17, 15) is 18.0 Å². The van der Waals surface area contributed by atoms with Gasteiger partial charge in [0.2, 0.25) is 0 Å². The minimum atomic E-state index is -4.52. The fourth-order valence-electron chi connectivity index (χ4n) is 4.35. The quantitative estimate of drug-likeness (QED) is 0.424. The summed E-state index contributed by atoms with van der Waals surface area (Å²) in [5.41, 5.74) is 1.41. The van der Waals surface area contributed by atoms with Crippen molar-refractivity contribution in [3.8, 4) is 0 Å². The van der Waals surface area contributed by atoms with E-state index < -0.39 is 17.6 Å². The van der Waals surface area contributed by atoms with Gasteiger partial charge in [-0.05, 0) is 42.7 Å². The molecule has 2 aromatic carbocycles. The zero-order valence-electron chi connectivity index (χ0n) is 17.3. The molecule has 1 aliphatic rings. The third-order valence-corrected chi connectivity index (χ3v) is 6.34. The van der Waals surface area contributed by atoms with Gasteiger partial charge in [-0.25, -0.2) is 0 Å². The molecule has 0 bridgehead atoms. The second-order valence-electron chi connectivity index (χ2n) is 8.08. The van der Waals surface area contributed by atoms with Crippen LogP contribution in [0.5, 0.6) is 0 Å². The number of aryl methyl sites for hydroxylation is 1. The number of rotatable bonds is 5. The highest BCUT2D eigenvalue weighted by atomic mass is 35.5. The van der Waals surface area contributed by atoms with Crippen LogP contribution in [0.15, 0.2) is 48.7 Å². The molecule has 1 aliphatic heterocycles. The molecule has 31 heavy (non-hydrogen) atoms. The molecule has 3 aromatic rings. The van der Waals surface area contributed by atoms with Crippen LogP contribution < -0.4 is 0 Å². The van der Waals surface area contributed by atoms with Crippen molar-refractivity contribution in [2.24, 2.45) is 0 Å². The molecule has 0 radical (unpaired) electrons. The molecule has 7 heteroatoms. The number of hydrogen-bond acceptors (Lipinski definition) is 1. The van der Waals surface area contributed by atoms with E-state index in [-0.39, 0.29) is 16.5 Å². The molecule has 1 unspecified atom stereocenters. The molecule has 1 aromatic heterocycles. The van der Waals surface area contributed by atoms with Gasteiger partial charge in [-0.15, -0.1) is 0 Å². The van der Waals surface area contributed by atoms with Crippen molar-refractivity contribution in [1.82, 2.24) is 9.47 Å². The van der Waals surface area contributed by atoms with Crippen molar-refractivity contribution < 1.29 is 18.0 Å². The van der Waals surface area contributed by atoms with Gasteiger partial charge in [0.05, 0.1) is 16.1 Å². The minimum Gasteiger partial charge on any atom is -0.347 e. The number of carbonyl (C=O) groups excluding carboxylic acids is 1. The number of nitrogens with zero attached hydrogens (tertiary/aromatic N) is 2. The predicted octanol–water partition coefficient (Wildman–Crippen LogP) is 6.74. The van der Waals surface area contributed by atoms with Gasteiger partial charge in [-0.1, -0.05) is 43.1 Å². The Balaban J connectivity index is 1.59. The fraction of sp³-hybridized carbons (Fsp3) is 0.375. The number of halogens is 4. The number of likely N-dealkylation sites (tertiary alicyclic amines) is 1. The van der Waals surface area contributed by atoms with E-state index in [1.165, 1.54) is 16.5 Å². The van der Waals surface area contributed by atoms with Crippen molar-refractivity contribution in [3.05, 3.63) is 70.4 Å². The van der Waals surface area contributed by atoms with Gasteiger partial charge in [-0.2, -0.15) is 13.2 Å². The van der Waals surface area contributed by atoms with E-state index >= 15 is 0 Å². The number of hydrogen-bond donors (Lipinski definition) is 0. The predicted molar refractivity (Wildman–Crippen MR) is 117 cm³/mol. The van der Waals surface area contributed by atoms with Crippen LogP contribution in [-0.4, -0.2) is 28.5 Å². The van der Waals surface area contributed by atoms with Gasteiger partial charge in [-0.3, -0.25) is 4.79 Å². The van der Waals surface area contributed by atoms with Crippen molar-refractivity contribution in [2.75, 3.05) is 13.1 Å². The maximum absolute atomic E-state index is 13.1. The molecular formula is C24H24ClF3N2O. The first-order chi connectivity index (χ1) is 14.8. The first-order valence-corrected chi connectivity index (χ1v) is 10.9. The lowest BCUT2D eigenvalue weighted by Gasteiger charge is -2.18. The average molecular weight is 449 g/mol. The standard InChI is InChI=1S/C24H24ClF3N2O/c1-2-3-11-29-15-20(18-6-4-5-7-22(18)29)16-10-12-30(14-16)23(31)19-13-17(24(26,27)28)8-9-21(19)25/h4-9,13,15-16H,2-3,10-12,14H2,1H3. The molecule has 164 valence electrons. The van der Waals surface area contributed by atoms with E-state index in [0.29, 0.717) is 13.1 Å². The Kier molecular flexibility index (Phi) is 6.02. The van der Waals surface area contributed by atoms with Gasteiger partial charge >= 0.3 is 6.18 Å². The van der Waals surface area contributed by atoms with Crippen molar-refractivity contribution >= 4 is 28.4 Å². The molecule has 0 spiro atoms. The summed E-state index contributed by atoms with van der Waals surface area (Å²) in [5, 5.41) is 1.22. The highest BCUT2D eigenvalue weighted by Gasteiger charge is 2.34. The molecule has 2 heterocycles. The first kappa shape index (κ1) is 21.8. The zero-order valence-corrected chi connectivity index (χ0v) is 18.0. The number of amides is 1. The summed E-state index contributed by atoms with van der Waals surface area (Å²) < 4.78 is 41.5. The maximum Gasteiger partial charge on any atom is 0.416 e. The van der Waals surface area contributed by atoms with Crippen LogP contribution in [0.2, 0.25) is 5.02 Å². The maximum atomic E-state index is 13.1. The highest BCUT2D eigenvalue weighted by Crippen LogP contribution is 2.36. The fourth-order valence-corrected chi connectivity index (χ4v) is 4.55. The molecule has 1 saturated heterocycles. The van der Waals surface area contributed by atoms with E-state index in [1.807, 2.05) is 12.1 Å². The van der Waals surface area contributed by atoms with Crippen molar-refractivity contribution in [2.45, 2.75) is 44.8 Å². The summed E-state index contributed by atoms with van der Waals surface area (Å²) in [6, 6.07) is 11.1. The Bertz CT molecular complexity index is 1110. The van der Waals surface area contributed by atoms with E-state index in [2.05, 4.69) is 29.8 Å². The van der Waals surface area contributed by atoms with Crippen LogP contribution in [0.1, 0.15) is 53.6 Å². The molecular weight excluding hydrogens is 425 g/mol. The Morgan fingerprint density at radius 2 is 1.97 bits per heavy atom. The Hall–Kier alpha value is -2.47. The summed E-state index contributed by atoms with van der Waals surface area (Å²) in [7, 11) is 0. The van der Waals surface area contributed by atoms with Gasteiger partial charge < -0.3 is 9.47 Å². The van der Waals surface area contributed by atoms with Gasteiger partial charge in [0, 0.05) is 42.7 Å². The second kappa shape index (κ2) is 8.58. The number of aromatic nitrogens is 1. The number of carbonyl (C=O) groups is 1. The van der Waals surface area contributed by atoms with E-state index in [0.717, 1.165) is 44.0 Å². The number of fused-ring (bicyclic) bond motifs is 1. The van der Waals surface area contributed by atoms with Gasteiger partial charge in [0.25, 0.3) is 5.91 Å². The second-order valence-corrected chi connectivity index (χ2v) is 8.48. The minimum absolute atomic E-state index is 0.0395. The number of benzene rings is 2. The van der Waals surface area contributed by atoms with Gasteiger partial charge in [0.15, 0.2) is 0 Å². The summed E-state index contributed by atoms with van der Waals surface area (Å²) in [6.07, 6.45) is 0.612. The summed E-state index contributed by atoms with van der Waals surface area (Å²) in [5.74, 6) is -0.311. The van der Waals surface area contributed by atoms with Crippen molar-refractivity contribution in [1.29, 1.82) is 0 Å². The highest BCUT2D eigenvalue weighted by molar-refractivity contribution is 6.33. The summed E-state index contributed by atoms with van der Waals surface area (Å²) >= 11 is 6.08. The number of unbranched alkanes of at least 4 members (excludes halogenated alkanes) is 1. The largest absolute Gasteiger partial charge is 0.416 e. The van der Waals surface area contributed by atoms with Crippen LogP contribution in [-0.2, 0) is 12.7 Å². The lowest BCUT2D eigenvalue weighted by atomic mass is 9.98. The SMILES string of the molecule is CCCCn1cc(C2CCN(C(=O)c3cc(C(F)(F)F)ccc3Cl)C2)c2ccccc21. The van der Waals surface area contributed by atoms with Crippen LogP contribution in [0.25, 0.3) is 10.9 Å².